The van der Waals surface area contributed by atoms with E-state index in [1.165, 1.54) is 0 Å². The fourth-order valence-corrected chi connectivity index (χ4v) is 4.00. The lowest BCUT2D eigenvalue weighted by atomic mass is 9.53. The topological polar surface area (TPSA) is 105 Å². The van der Waals surface area contributed by atoms with Crippen molar-refractivity contribution in [1.82, 2.24) is 0 Å². The first-order valence-electron chi connectivity index (χ1n) is 8.36. The number of esters is 4. The Balaban J connectivity index is 2.58. The summed E-state index contributed by atoms with van der Waals surface area (Å²) < 4.78 is 19.5. The van der Waals surface area contributed by atoms with Crippen LogP contribution in [0.5, 0.6) is 0 Å². The van der Waals surface area contributed by atoms with E-state index in [1.807, 2.05) is 0 Å². The second-order valence-electron chi connectivity index (χ2n) is 6.06. The van der Waals surface area contributed by atoms with Gasteiger partial charge in [0.2, 0.25) is 0 Å². The summed E-state index contributed by atoms with van der Waals surface area (Å²) in [5.74, 6) is -9.30. The standard InChI is InChI=1S/C20H20O8/c1-5-25-17(21)13-11-9-10-12(14(13)18(22)26-6-2)16(20(24)28-8-4)15(11)19(23)27-7-3/h5-16H,1-4H2. The molecule has 4 atom stereocenters. The molecule has 0 aromatic heterocycles. The monoisotopic (exact) mass is 388 g/mol. The van der Waals surface area contributed by atoms with Crippen LogP contribution in [0.3, 0.4) is 0 Å². The van der Waals surface area contributed by atoms with E-state index in [-0.39, 0.29) is 0 Å². The molecular formula is C20H20O8. The number of hydrogen-bond acceptors (Lipinski definition) is 8. The van der Waals surface area contributed by atoms with Gasteiger partial charge in [-0.2, -0.15) is 0 Å². The Bertz CT molecular complexity index is 631. The molecule has 0 radical (unpaired) electrons. The Morgan fingerprint density at radius 3 is 0.929 bits per heavy atom. The van der Waals surface area contributed by atoms with E-state index in [4.69, 9.17) is 18.9 Å². The first kappa shape index (κ1) is 20.9. The fraction of sp³-hybridized carbons (Fsp3) is 0.300. The Hall–Kier alpha value is -3.42. The molecule has 0 saturated heterocycles. The number of carbonyl (C=O) groups excluding carboxylic acids is 4. The zero-order valence-electron chi connectivity index (χ0n) is 15.0. The van der Waals surface area contributed by atoms with Gasteiger partial charge in [-0.05, 0) is 0 Å². The van der Waals surface area contributed by atoms with Crippen LogP contribution in [0.25, 0.3) is 0 Å². The maximum Gasteiger partial charge on any atom is 0.315 e. The van der Waals surface area contributed by atoms with Crippen molar-refractivity contribution in [3.05, 3.63) is 63.5 Å². The van der Waals surface area contributed by atoms with Crippen LogP contribution in [0, 0.1) is 35.5 Å². The fourth-order valence-electron chi connectivity index (χ4n) is 4.00. The second kappa shape index (κ2) is 8.98. The minimum absolute atomic E-state index is 0.785. The largest absolute Gasteiger partial charge is 0.435 e. The first-order valence-corrected chi connectivity index (χ1v) is 8.36. The molecular weight excluding hydrogens is 368 g/mol. The molecule has 0 amide bonds. The van der Waals surface area contributed by atoms with Gasteiger partial charge in [-0.3, -0.25) is 19.2 Å². The van der Waals surface area contributed by atoms with Gasteiger partial charge in [0.25, 0.3) is 0 Å². The number of hydrogen-bond donors (Lipinski definition) is 0. The van der Waals surface area contributed by atoms with Crippen molar-refractivity contribution < 1.29 is 38.1 Å². The normalized spacial score (nSPS) is 29.7. The second-order valence-corrected chi connectivity index (χ2v) is 6.06. The van der Waals surface area contributed by atoms with Crippen molar-refractivity contribution in [2.75, 3.05) is 0 Å². The van der Waals surface area contributed by atoms with Gasteiger partial charge in [-0.1, -0.05) is 38.5 Å². The van der Waals surface area contributed by atoms with E-state index in [2.05, 4.69) is 26.3 Å². The lowest BCUT2D eigenvalue weighted by molar-refractivity contribution is -0.178. The molecule has 3 rings (SSSR count). The Kier molecular flexibility index (Phi) is 6.70. The van der Waals surface area contributed by atoms with Gasteiger partial charge in [0, 0.05) is 11.8 Å². The highest BCUT2D eigenvalue weighted by molar-refractivity contribution is 5.90. The lowest BCUT2D eigenvalue weighted by Gasteiger charge is -2.48. The zero-order chi connectivity index (χ0) is 20.8. The molecule has 8 nitrogen and oxygen atoms in total. The summed E-state index contributed by atoms with van der Waals surface area (Å²) in [5.41, 5.74) is 0. The highest BCUT2D eigenvalue weighted by atomic mass is 16.5. The lowest BCUT2D eigenvalue weighted by Crippen LogP contribution is -2.58. The van der Waals surface area contributed by atoms with E-state index in [1.54, 1.807) is 12.2 Å². The van der Waals surface area contributed by atoms with Gasteiger partial charge in [0.05, 0.1) is 48.7 Å². The maximum atomic E-state index is 12.6. The molecule has 3 aliphatic carbocycles. The smallest absolute Gasteiger partial charge is 0.315 e. The molecule has 0 aromatic carbocycles. The molecule has 0 aliphatic heterocycles. The molecule has 2 bridgehead atoms. The van der Waals surface area contributed by atoms with E-state index in [0.29, 0.717) is 0 Å². The molecule has 4 unspecified atom stereocenters. The van der Waals surface area contributed by atoms with Gasteiger partial charge >= 0.3 is 23.9 Å². The molecule has 1 saturated carbocycles. The summed E-state index contributed by atoms with van der Waals surface area (Å²) in [6.07, 6.45) is 6.86. The Labute approximate surface area is 161 Å². The van der Waals surface area contributed by atoms with E-state index in [9.17, 15) is 19.2 Å². The predicted octanol–water partition coefficient (Wildman–Crippen LogP) is 2.01. The van der Waals surface area contributed by atoms with Crippen molar-refractivity contribution in [3.63, 3.8) is 0 Å². The highest BCUT2D eigenvalue weighted by Crippen LogP contribution is 2.53. The molecule has 148 valence electrons. The minimum atomic E-state index is -1.10. The highest BCUT2D eigenvalue weighted by Gasteiger charge is 2.62. The van der Waals surface area contributed by atoms with Crippen LogP contribution in [0.4, 0.5) is 0 Å². The summed E-state index contributed by atoms with van der Waals surface area (Å²) >= 11 is 0. The molecule has 1 fully saturated rings. The quantitative estimate of drug-likeness (QED) is 0.269. The summed E-state index contributed by atoms with van der Waals surface area (Å²) in [4.78, 5) is 50.3. The summed E-state index contributed by atoms with van der Waals surface area (Å²) in [6, 6.07) is 0. The SMILES string of the molecule is C=COC(=O)C1C2C=CC(C1C(=O)OC=C)C(C(=O)OC=C)C2C(=O)OC=C. The number of ether oxygens (including phenoxy) is 4. The number of allylic oxidation sites excluding steroid dienone is 2. The predicted molar refractivity (Wildman–Crippen MR) is 95.2 cm³/mol. The summed E-state index contributed by atoms with van der Waals surface area (Å²) in [6.45, 7) is 13.3. The Morgan fingerprint density at radius 1 is 0.536 bits per heavy atom. The summed E-state index contributed by atoms with van der Waals surface area (Å²) in [7, 11) is 0. The third kappa shape index (κ3) is 3.66. The van der Waals surface area contributed by atoms with Crippen molar-refractivity contribution in [2.24, 2.45) is 35.5 Å². The van der Waals surface area contributed by atoms with Crippen LogP contribution in [0.15, 0.2) is 63.5 Å². The van der Waals surface area contributed by atoms with Crippen molar-refractivity contribution in [3.8, 4) is 0 Å². The van der Waals surface area contributed by atoms with Crippen LogP contribution in [0.1, 0.15) is 0 Å². The van der Waals surface area contributed by atoms with Crippen LogP contribution >= 0.6 is 0 Å². The van der Waals surface area contributed by atoms with Gasteiger partial charge in [-0.25, -0.2) is 0 Å². The summed E-state index contributed by atoms with van der Waals surface area (Å²) in [5, 5.41) is 0. The first-order chi connectivity index (χ1) is 13.4. The van der Waals surface area contributed by atoms with Crippen molar-refractivity contribution in [1.29, 1.82) is 0 Å². The minimum Gasteiger partial charge on any atom is -0.435 e. The Morgan fingerprint density at radius 2 is 0.750 bits per heavy atom. The third-order valence-electron chi connectivity index (χ3n) is 4.87. The maximum absolute atomic E-state index is 12.6. The van der Waals surface area contributed by atoms with Gasteiger partial charge in [0.1, 0.15) is 0 Å². The number of rotatable bonds is 8. The van der Waals surface area contributed by atoms with E-state index in [0.717, 1.165) is 25.0 Å². The average molecular weight is 388 g/mol. The van der Waals surface area contributed by atoms with Crippen LogP contribution < -0.4 is 0 Å². The van der Waals surface area contributed by atoms with E-state index >= 15 is 0 Å². The average Bonchev–Trinajstić information content (AvgIpc) is 2.67. The molecule has 28 heavy (non-hydrogen) atoms. The van der Waals surface area contributed by atoms with Crippen LogP contribution in [-0.2, 0) is 38.1 Å². The molecule has 0 N–H and O–H groups in total. The van der Waals surface area contributed by atoms with Crippen molar-refractivity contribution in [2.45, 2.75) is 0 Å². The number of carbonyl (C=O) groups is 4. The molecule has 0 aromatic rings. The molecule has 8 heteroatoms. The number of fused-ring (bicyclic) bond motifs is 2. The molecule has 0 spiro atoms. The van der Waals surface area contributed by atoms with Gasteiger partial charge in [-0.15, -0.1) is 0 Å². The van der Waals surface area contributed by atoms with Crippen LogP contribution in [-0.4, -0.2) is 23.9 Å². The van der Waals surface area contributed by atoms with Gasteiger partial charge < -0.3 is 18.9 Å². The zero-order valence-corrected chi connectivity index (χ0v) is 15.0. The molecule has 0 heterocycles. The third-order valence-corrected chi connectivity index (χ3v) is 4.87. The molecule has 3 aliphatic rings. The van der Waals surface area contributed by atoms with Crippen molar-refractivity contribution >= 4 is 23.9 Å². The van der Waals surface area contributed by atoms with E-state index < -0.39 is 59.4 Å². The van der Waals surface area contributed by atoms with Crippen LogP contribution in [0.2, 0.25) is 0 Å². The van der Waals surface area contributed by atoms with Gasteiger partial charge in [0.15, 0.2) is 0 Å².